The van der Waals surface area contributed by atoms with Gasteiger partial charge in [0, 0.05) is 24.4 Å². The normalized spacial score (nSPS) is 15.6. The second kappa shape index (κ2) is 8.65. The largest absolute Gasteiger partial charge is 0.492 e. The summed E-state index contributed by atoms with van der Waals surface area (Å²) in [4.78, 5) is 20.9. The highest BCUT2D eigenvalue weighted by Crippen LogP contribution is 2.27. The van der Waals surface area contributed by atoms with Gasteiger partial charge in [0.15, 0.2) is 5.25 Å². The van der Waals surface area contributed by atoms with Gasteiger partial charge in [-0.25, -0.2) is 4.79 Å². The maximum absolute atomic E-state index is 12.0. The van der Waals surface area contributed by atoms with Gasteiger partial charge in [0.1, 0.15) is 5.04 Å². The van der Waals surface area contributed by atoms with Crippen LogP contribution in [0.3, 0.4) is 0 Å². The SMILES string of the molecule is O=C(On1c(O)ccc1O)C(CCSSC1=NCCC=C1)S(=O)(=O)O. The Balaban J connectivity index is 1.93. The van der Waals surface area contributed by atoms with Crippen LogP contribution in [0.15, 0.2) is 29.3 Å². The molecule has 0 amide bonds. The summed E-state index contributed by atoms with van der Waals surface area (Å²) in [7, 11) is -2.10. The Labute approximate surface area is 151 Å². The molecule has 0 bridgehead atoms. The molecule has 9 nitrogen and oxygen atoms in total. The molecule has 0 radical (unpaired) electrons. The second-order valence-electron chi connectivity index (χ2n) is 4.86. The molecule has 12 heteroatoms. The molecule has 1 aromatic rings. The maximum Gasteiger partial charge on any atom is 0.353 e. The zero-order chi connectivity index (χ0) is 18.4. The van der Waals surface area contributed by atoms with E-state index in [9.17, 15) is 28.0 Å². The van der Waals surface area contributed by atoms with E-state index in [0.29, 0.717) is 11.3 Å². The third-order valence-corrected chi connectivity index (χ3v) is 6.50. The van der Waals surface area contributed by atoms with Crippen molar-refractivity contribution in [2.24, 2.45) is 4.99 Å². The molecule has 1 atom stereocenters. The highest BCUT2D eigenvalue weighted by atomic mass is 33.1. The molecule has 0 fully saturated rings. The lowest BCUT2D eigenvalue weighted by Crippen LogP contribution is -2.37. The van der Waals surface area contributed by atoms with Crippen molar-refractivity contribution in [2.45, 2.75) is 18.1 Å². The number of carbonyl (C=O) groups excluding carboxylic acids is 1. The summed E-state index contributed by atoms with van der Waals surface area (Å²) in [5, 5.41) is 17.8. The number of dihydropyridines is 1. The van der Waals surface area contributed by atoms with E-state index < -0.39 is 33.1 Å². The third kappa shape index (κ3) is 5.70. The van der Waals surface area contributed by atoms with Crippen molar-refractivity contribution in [3.05, 3.63) is 24.3 Å². The molecule has 2 heterocycles. The van der Waals surface area contributed by atoms with Gasteiger partial charge in [-0.1, -0.05) is 16.9 Å². The predicted molar refractivity (Wildman–Crippen MR) is 95.4 cm³/mol. The van der Waals surface area contributed by atoms with E-state index in [1.165, 1.54) is 21.6 Å². The number of hydrogen-bond acceptors (Lipinski definition) is 9. The smallest absolute Gasteiger partial charge is 0.353 e. The van der Waals surface area contributed by atoms with Crippen LogP contribution in [-0.4, -0.2) is 56.5 Å². The van der Waals surface area contributed by atoms with Gasteiger partial charge in [-0.2, -0.15) is 8.42 Å². The summed E-state index contributed by atoms with van der Waals surface area (Å²) in [6.07, 6.45) is 4.50. The van der Waals surface area contributed by atoms with E-state index in [2.05, 4.69) is 9.83 Å². The molecule has 1 aliphatic rings. The second-order valence-corrected chi connectivity index (χ2v) is 8.90. The molecular weight excluding hydrogens is 392 g/mol. The van der Waals surface area contributed by atoms with E-state index in [0.717, 1.165) is 23.6 Å². The van der Waals surface area contributed by atoms with Crippen LogP contribution in [-0.2, 0) is 14.9 Å². The molecule has 1 unspecified atom stereocenters. The maximum atomic E-state index is 12.0. The fourth-order valence-electron chi connectivity index (χ4n) is 1.83. The Morgan fingerprint density at radius 3 is 2.60 bits per heavy atom. The van der Waals surface area contributed by atoms with Crippen molar-refractivity contribution in [1.29, 1.82) is 0 Å². The minimum atomic E-state index is -4.72. The van der Waals surface area contributed by atoms with E-state index in [1.54, 1.807) is 0 Å². The van der Waals surface area contributed by atoms with Crippen LogP contribution in [0.5, 0.6) is 11.8 Å². The molecular formula is C13H16N2O7S3. The van der Waals surface area contributed by atoms with Gasteiger partial charge in [-0.3, -0.25) is 9.55 Å². The van der Waals surface area contributed by atoms with Crippen molar-refractivity contribution in [3.8, 4) is 11.8 Å². The van der Waals surface area contributed by atoms with Gasteiger partial charge in [0.25, 0.3) is 10.1 Å². The molecule has 1 aromatic heterocycles. The number of carbonyl (C=O) groups is 1. The highest BCUT2D eigenvalue weighted by Gasteiger charge is 2.34. The van der Waals surface area contributed by atoms with Crippen LogP contribution in [0.25, 0.3) is 0 Å². The number of nitrogens with zero attached hydrogens (tertiary/aromatic N) is 2. The fraction of sp³-hybridized carbons (Fsp3) is 0.385. The van der Waals surface area contributed by atoms with Crippen molar-refractivity contribution < 1.29 is 32.8 Å². The van der Waals surface area contributed by atoms with E-state index in [-0.39, 0.29) is 12.2 Å². The van der Waals surface area contributed by atoms with Crippen LogP contribution in [0.4, 0.5) is 0 Å². The van der Waals surface area contributed by atoms with Crippen LogP contribution in [0, 0.1) is 0 Å². The summed E-state index contributed by atoms with van der Waals surface area (Å²) in [5.74, 6) is -2.27. The van der Waals surface area contributed by atoms with Gasteiger partial charge in [0.2, 0.25) is 11.8 Å². The molecule has 0 aromatic carbocycles. The summed E-state index contributed by atoms with van der Waals surface area (Å²) < 4.78 is 32.5. The lowest BCUT2D eigenvalue weighted by molar-refractivity contribution is -0.145. The lowest BCUT2D eigenvalue weighted by Gasteiger charge is -2.13. The van der Waals surface area contributed by atoms with Gasteiger partial charge in [0.05, 0.1) is 0 Å². The van der Waals surface area contributed by atoms with E-state index in [1.807, 2.05) is 12.2 Å². The summed E-state index contributed by atoms with van der Waals surface area (Å²) in [6.45, 7) is 0.698. The fourth-order valence-corrected chi connectivity index (χ4v) is 4.74. The van der Waals surface area contributed by atoms with Gasteiger partial charge in [-0.05, 0) is 29.7 Å². The topological polar surface area (TPSA) is 138 Å². The molecule has 0 saturated carbocycles. The van der Waals surface area contributed by atoms with E-state index in [4.69, 9.17) is 0 Å². The zero-order valence-corrected chi connectivity index (χ0v) is 15.3. The molecule has 25 heavy (non-hydrogen) atoms. The van der Waals surface area contributed by atoms with Gasteiger partial charge >= 0.3 is 5.97 Å². The predicted octanol–water partition coefficient (Wildman–Crippen LogP) is 1.24. The first-order valence-electron chi connectivity index (χ1n) is 7.07. The standard InChI is InChI=1S/C13H16N2O7S3/c16-11-4-5-12(17)15(11)22-13(18)9(25(19,20)21)6-8-23-24-10-3-1-2-7-14-10/h1,3-5,9,16-17H,2,6-8H2,(H,19,20,21). The van der Waals surface area contributed by atoms with Crippen LogP contribution in [0.2, 0.25) is 0 Å². The Kier molecular flexibility index (Phi) is 6.81. The Morgan fingerprint density at radius 2 is 2.04 bits per heavy atom. The first-order valence-corrected chi connectivity index (χ1v) is 10.9. The zero-order valence-electron chi connectivity index (χ0n) is 12.8. The molecule has 0 aliphatic carbocycles. The molecule has 1 aliphatic heterocycles. The minimum absolute atomic E-state index is 0.213. The van der Waals surface area contributed by atoms with Crippen molar-refractivity contribution in [3.63, 3.8) is 0 Å². The van der Waals surface area contributed by atoms with Crippen LogP contribution in [0.1, 0.15) is 12.8 Å². The van der Waals surface area contributed by atoms with Crippen LogP contribution >= 0.6 is 21.6 Å². The number of aromatic nitrogens is 1. The van der Waals surface area contributed by atoms with Crippen molar-refractivity contribution in [1.82, 2.24) is 4.73 Å². The highest BCUT2D eigenvalue weighted by molar-refractivity contribution is 8.82. The molecule has 138 valence electrons. The number of aromatic hydroxyl groups is 2. The van der Waals surface area contributed by atoms with Gasteiger partial charge in [-0.15, -0.1) is 4.73 Å². The number of aliphatic imine (C=N–C) groups is 1. The average molecular weight is 408 g/mol. The summed E-state index contributed by atoms with van der Waals surface area (Å²) >= 11 is 0. The quantitative estimate of drug-likeness (QED) is 0.345. The van der Waals surface area contributed by atoms with Crippen LogP contribution < -0.4 is 4.84 Å². The molecule has 0 saturated heterocycles. The van der Waals surface area contributed by atoms with Gasteiger partial charge < -0.3 is 15.1 Å². The minimum Gasteiger partial charge on any atom is -0.492 e. The lowest BCUT2D eigenvalue weighted by atomic mass is 10.3. The Morgan fingerprint density at radius 1 is 1.36 bits per heavy atom. The molecule has 3 N–H and O–H groups in total. The number of rotatable bonds is 7. The Bertz CT molecular complexity index is 766. The molecule has 0 spiro atoms. The first kappa shape index (κ1) is 19.7. The monoisotopic (exact) mass is 408 g/mol. The van der Waals surface area contributed by atoms with E-state index >= 15 is 0 Å². The third-order valence-electron chi connectivity index (χ3n) is 3.03. The van der Waals surface area contributed by atoms with Crippen molar-refractivity contribution >= 4 is 42.7 Å². The molecule has 2 rings (SSSR count). The Hall–Kier alpha value is -1.63. The summed E-state index contributed by atoms with van der Waals surface area (Å²) in [6, 6.07) is 2.10. The first-order chi connectivity index (χ1) is 11.8. The average Bonchev–Trinajstić information content (AvgIpc) is 2.86. The number of hydrogen-bond donors (Lipinski definition) is 3. The summed E-state index contributed by atoms with van der Waals surface area (Å²) in [5.41, 5.74) is 0. The van der Waals surface area contributed by atoms with Crippen molar-refractivity contribution in [2.75, 3.05) is 12.3 Å².